The van der Waals surface area contributed by atoms with Crippen molar-refractivity contribution in [3.8, 4) is 24.2 Å². The standard InChI is InChI=1S/C16H10N2/c1-2-14-9-10-16(18-13-14)8-4-3-6-15-7-5-11-17-12-15/h1,4-5,7-13H/b8-4+. The third kappa shape index (κ3) is 3.33. The number of allylic oxidation sites excluding steroid dienone is 1. The number of nitrogens with zero attached hydrogens (tertiary/aromatic N) is 2. The summed E-state index contributed by atoms with van der Waals surface area (Å²) in [7, 11) is 0. The van der Waals surface area contributed by atoms with Gasteiger partial charge >= 0.3 is 0 Å². The van der Waals surface area contributed by atoms with Gasteiger partial charge in [0.15, 0.2) is 0 Å². The van der Waals surface area contributed by atoms with E-state index in [1.807, 2.05) is 30.3 Å². The number of hydrogen-bond donors (Lipinski definition) is 0. The van der Waals surface area contributed by atoms with E-state index in [1.165, 1.54) is 0 Å². The normalized spacial score (nSPS) is 9.50. The summed E-state index contributed by atoms with van der Waals surface area (Å²) < 4.78 is 0. The summed E-state index contributed by atoms with van der Waals surface area (Å²) in [6.45, 7) is 0. The van der Waals surface area contributed by atoms with Crippen molar-refractivity contribution in [1.29, 1.82) is 0 Å². The summed E-state index contributed by atoms with van der Waals surface area (Å²) in [5, 5.41) is 0. The van der Waals surface area contributed by atoms with Crippen molar-refractivity contribution in [2.75, 3.05) is 0 Å². The van der Waals surface area contributed by atoms with E-state index in [1.54, 1.807) is 24.7 Å². The summed E-state index contributed by atoms with van der Waals surface area (Å²) in [4.78, 5) is 8.17. The molecule has 2 rings (SSSR count). The first-order valence-electron chi connectivity index (χ1n) is 5.39. The van der Waals surface area contributed by atoms with Crippen LogP contribution in [0.3, 0.4) is 0 Å². The van der Waals surface area contributed by atoms with E-state index in [4.69, 9.17) is 6.42 Å². The number of aromatic nitrogens is 2. The first-order chi connectivity index (χ1) is 8.88. The monoisotopic (exact) mass is 230 g/mol. The van der Waals surface area contributed by atoms with Gasteiger partial charge in [-0.1, -0.05) is 17.8 Å². The van der Waals surface area contributed by atoms with E-state index < -0.39 is 0 Å². The van der Waals surface area contributed by atoms with Crippen molar-refractivity contribution >= 4 is 6.08 Å². The van der Waals surface area contributed by atoms with Crippen molar-refractivity contribution in [2.24, 2.45) is 0 Å². The molecule has 0 aliphatic carbocycles. The van der Waals surface area contributed by atoms with Crippen LogP contribution in [0.5, 0.6) is 0 Å². The molecule has 0 bridgehead atoms. The third-order valence-electron chi connectivity index (χ3n) is 2.17. The second kappa shape index (κ2) is 6.03. The zero-order valence-corrected chi connectivity index (χ0v) is 9.67. The van der Waals surface area contributed by atoms with Gasteiger partial charge in [0, 0.05) is 29.7 Å². The van der Waals surface area contributed by atoms with Gasteiger partial charge in [-0.05, 0) is 36.4 Å². The minimum atomic E-state index is 0.772. The fourth-order valence-corrected chi connectivity index (χ4v) is 1.28. The van der Waals surface area contributed by atoms with Crippen molar-refractivity contribution in [3.63, 3.8) is 0 Å². The lowest BCUT2D eigenvalue weighted by Gasteiger charge is -1.91. The Morgan fingerprint density at radius 3 is 2.72 bits per heavy atom. The smallest absolute Gasteiger partial charge is 0.0636 e. The molecular weight excluding hydrogens is 220 g/mol. The molecule has 0 amide bonds. The van der Waals surface area contributed by atoms with Crippen LogP contribution in [0.25, 0.3) is 6.08 Å². The van der Waals surface area contributed by atoms with Gasteiger partial charge in [0.05, 0.1) is 5.69 Å². The van der Waals surface area contributed by atoms with Crippen LogP contribution in [-0.4, -0.2) is 9.97 Å². The van der Waals surface area contributed by atoms with Crippen LogP contribution >= 0.6 is 0 Å². The molecular formula is C16H10N2. The van der Waals surface area contributed by atoms with E-state index >= 15 is 0 Å². The summed E-state index contributed by atoms with van der Waals surface area (Å²) >= 11 is 0. The minimum Gasteiger partial charge on any atom is -0.263 e. The van der Waals surface area contributed by atoms with Gasteiger partial charge in [0.25, 0.3) is 0 Å². The Labute approximate surface area is 106 Å². The lowest BCUT2D eigenvalue weighted by molar-refractivity contribution is 1.28. The molecule has 0 aliphatic heterocycles. The lowest BCUT2D eigenvalue weighted by Crippen LogP contribution is -1.81. The van der Waals surface area contributed by atoms with Crippen LogP contribution < -0.4 is 0 Å². The molecule has 2 aromatic rings. The minimum absolute atomic E-state index is 0.772. The molecule has 2 heteroatoms. The maximum atomic E-state index is 5.25. The van der Waals surface area contributed by atoms with Crippen LogP contribution in [0.4, 0.5) is 0 Å². The topological polar surface area (TPSA) is 25.8 Å². The van der Waals surface area contributed by atoms with E-state index in [9.17, 15) is 0 Å². The Morgan fingerprint density at radius 1 is 1.11 bits per heavy atom. The number of pyridine rings is 2. The quantitative estimate of drug-likeness (QED) is 0.703. The molecule has 18 heavy (non-hydrogen) atoms. The van der Waals surface area contributed by atoms with Crippen LogP contribution in [0, 0.1) is 24.2 Å². The largest absolute Gasteiger partial charge is 0.263 e. The predicted molar refractivity (Wildman–Crippen MR) is 72.3 cm³/mol. The zero-order valence-electron chi connectivity index (χ0n) is 9.67. The molecule has 2 nitrogen and oxygen atoms in total. The molecule has 2 heterocycles. The molecule has 0 N–H and O–H groups in total. The van der Waals surface area contributed by atoms with Crippen molar-refractivity contribution < 1.29 is 0 Å². The van der Waals surface area contributed by atoms with Gasteiger partial charge in [0.2, 0.25) is 0 Å². The molecule has 0 unspecified atom stereocenters. The maximum absolute atomic E-state index is 5.25. The Hall–Kier alpha value is -2.84. The van der Waals surface area contributed by atoms with Gasteiger partial charge in [-0.25, -0.2) is 0 Å². The highest BCUT2D eigenvalue weighted by molar-refractivity contribution is 5.51. The second-order valence-corrected chi connectivity index (χ2v) is 3.46. The van der Waals surface area contributed by atoms with Gasteiger partial charge < -0.3 is 0 Å². The Bertz CT molecular complexity index is 635. The van der Waals surface area contributed by atoms with Crippen LogP contribution in [0.1, 0.15) is 16.8 Å². The van der Waals surface area contributed by atoms with E-state index in [0.29, 0.717) is 0 Å². The molecule has 0 saturated carbocycles. The fraction of sp³-hybridized carbons (Fsp3) is 0. The SMILES string of the molecule is C#Cc1ccc(/C=C/C#Cc2cccnc2)nc1. The maximum Gasteiger partial charge on any atom is 0.0636 e. The lowest BCUT2D eigenvalue weighted by atomic mass is 10.2. The summed E-state index contributed by atoms with van der Waals surface area (Å²) in [5.74, 6) is 8.43. The third-order valence-corrected chi connectivity index (χ3v) is 2.17. The van der Waals surface area contributed by atoms with Crippen molar-refractivity contribution in [2.45, 2.75) is 0 Å². The zero-order chi connectivity index (χ0) is 12.6. The highest BCUT2D eigenvalue weighted by Crippen LogP contribution is 2.00. The van der Waals surface area contributed by atoms with E-state index in [-0.39, 0.29) is 0 Å². The highest BCUT2D eigenvalue weighted by atomic mass is 14.7. The predicted octanol–water partition coefficient (Wildman–Crippen LogP) is 2.52. The average molecular weight is 230 g/mol. The molecule has 0 radical (unpaired) electrons. The van der Waals surface area contributed by atoms with Crippen LogP contribution in [0.15, 0.2) is 48.9 Å². The number of rotatable bonds is 1. The molecule has 0 saturated heterocycles. The molecule has 0 aliphatic rings. The second-order valence-electron chi connectivity index (χ2n) is 3.46. The van der Waals surface area contributed by atoms with Crippen molar-refractivity contribution in [1.82, 2.24) is 9.97 Å². The Kier molecular flexibility index (Phi) is 3.90. The molecule has 84 valence electrons. The van der Waals surface area contributed by atoms with Gasteiger partial charge in [0.1, 0.15) is 0 Å². The van der Waals surface area contributed by atoms with Crippen LogP contribution in [-0.2, 0) is 0 Å². The molecule has 2 aromatic heterocycles. The van der Waals surface area contributed by atoms with Gasteiger partial charge in [-0.2, -0.15) is 0 Å². The summed E-state index contributed by atoms with van der Waals surface area (Å²) in [6.07, 6.45) is 13.9. The molecule has 0 atom stereocenters. The van der Waals surface area contributed by atoms with E-state index in [0.717, 1.165) is 16.8 Å². The highest BCUT2D eigenvalue weighted by Gasteiger charge is 1.88. The van der Waals surface area contributed by atoms with Gasteiger partial charge in [-0.3, -0.25) is 9.97 Å². The Morgan fingerprint density at radius 2 is 2.06 bits per heavy atom. The number of hydrogen-bond acceptors (Lipinski definition) is 2. The fourth-order valence-electron chi connectivity index (χ4n) is 1.28. The van der Waals surface area contributed by atoms with E-state index in [2.05, 4.69) is 27.7 Å². The van der Waals surface area contributed by atoms with Gasteiger partial charge in [-0.15, -0.1) is 6.42 Å². The molecule has 0 fully saturated rings. The molecule has 0 spiro atoms. The first kappa shape index (κ1) is 11.6. The first-order valence-corrected chi connectivity index (χ1v) is 5.39. The van der Waals surface area contributed by atoms with Crippen LogP contribution in [0.2, 0.25) is 0 Å². The number of terminal acetylenes is 1. The molecule has 0 aromatic carbocycles. The Balaban J connectivity index is 2.04. The average Bonchev–Trinajstić information content (AvgIpc) is 2.45. The van der Waals surface area contributed by atoms with Crippen molar-refractivity contribution in [3.05, 3.63) is 65.8 Å². The summed E-state index contributed by atoms with van der Waals surface area (Å²) in [6, 6.07) is 7.47. The summed E-state index contributed by atoms with van der Waals surface area (Å²) in [5.41, 5.74) is 2.49.